The van der Waals surface area contributed by atoms with Gasteiger partial charge in [0.1, 0.15) is 11.8 Å². The van der Waals surface area contributed by atoms with Crippen LogP contribution in [0.1, 0.15) is 44.6 Å². The standard InChI is InChI=1S/C24H32N2O7/c1-4-33-22(29)18-10-7-8-12-25(18)20(27)15-24(17-9-5-6-11-19(17)32-3)16-21(28)26(23(24)30)13-14-31-2/h5-6,9,11,18H,4,7-8,10,12-16H2,1-3H3/t18-,24-/m0/s1. The van der Waals surface area contributed by atoms with Crippen LogP contribution in [-0.4, -0.2) is 80.1 Å². The Hall–Kier alpha value is -2.94. The summed E-state index contributed by atoms with van der Waals surface area (Å²) in [7, 11) is 2.98. The average molecular weight is 461 g/mol. The summed E-state index contributed by atoms with van der Waals surface area (Å²) >= 11 is 0. The average Bonchev–Trinajstić information content (AvgIpc) is 3.07. The molecule has 3 rings (SSSR count). The molecule has 2 aliphatic heterocycles. The van der Waals surface area contributed by atoms with Crippen LogP contribution in [0.4, 0.5) is 0 Å². The van der Waals surface area contributed by atoms with E-state index in [-0.39, 0.29) is 44.4 Å². The molecule has 3 amide bonds. The van der Waals surface area contributed by atoms with Gasteiger partial charge in [-0.15, -0.1) is 0 Å². The number of methoxy groups -OCH3 is 2. The maximum Gasteiger partial charge on any atom is 0.328 e. The predicted octanol–water partition coefficient (Wildman–Crippen LogP) is 1.67. The topological polar surface area (TPSA) is 102 Å². The van der Waals surface area contributed by atoms with Crippen molar-refractivity contribution in [3.8, 4) is 5.75 Å². The molecule has 0 bridgehead atoms. The summed E-state index contributed by atoms with van der Waals surface area (Å²) < 4.78 is 15.7. The normalized spacial score (nSPS) is 23.1. The van der Waals surface area contributed by atoms with Gasteiger partial charge >= 0.3 is 5.97 Å². The number of hydrogen-bond acceptors (Lipinski definition) is 7. The van der Waals surface area contributed by atoms with Gasteiger partial charge in [0.05, 0.1) is 32.3 Å². The predicted molar refractivity (Wildman–Crippen MR) is 118 cm³/mol. The maximum absolute atomic E-state index is 13.7. The first-order valence-electron chi connectivity index (χ1n) is 11.3. The van der Waals surface area contributed by atoms with E-state index >= 15 is 0 Å². The number of imide groups is 1. The number of esters is 1. The van der Waals surface area contributed by atoms with Gasteiger partial charge in [0.15, 0.2) is 0 Å². The Kier molecular flexibility index (Phi) is 8.07. The number of hydrogen-bond donors (Lipinski definition) is 0. The first-order chi connectivity index (χ1) is 15.9. The van der Waals surface area contributed by atoms with Crippen LogP contribution in [0.5, 0.6) is 5.75 Å². The molecule has 1 aromatic rings. The third-order valence-electron chi connectivity index (χ3n) is 6.38. The zero-order chi connectivity index (χ0) is 24.0. The van der Waals surface area contributed by atoms with Crippen molar-refractivity contribution in [1.29, 1.82) is 0 Å². The van der Waals surface area contributed by atoms with Gasteiger partial charge in [-0.1, -0.05) is 18.2 Å². The number of piperidine rings is 1. The van der Waals surface area contributed by atoms with Crippen molar-refractivity contribution in [3.63, 3.8) is 0 Å². The second-order valence-electron chi connectivity index (χ2n) is 8.33. The summed E-state index contributed by atoms with van der Waals surface area (Å²) in [5.41, 5.74) is -0.922. The van der Waals surface area contributed by atoms with Gasteiger partial charge in [0.25, 0.3) is 0 Å². The molecule has 33 heavy (non-hydrogen) atoms. The largest absolute Gasteiger partial charge is 0.496 e. The molecule has 9 heteroatoms. The van der Waals surface area contributed by atoms with Crippen LogP contribution in [0.3, 0.4) is 0 Å². The summed E-state index contributed by atoms with van der Waals surface area (Å²) in [5.74, 6) is -1.18. The highest BCUT2D eigenvalue weighted by Crippen LogP contribution is 2.44. The zero-order valence-electron chi connectivity index (χ0n) is 19.5. The Morgan fingerprint density at radius 2 is 1.91 bits per heavy atom. The molecule has 2 atom stereocenters. The highest BCUT2D eigenvalue weighted by molar-refractivity contribution is 6.11. The maximum atomic E-state index is 13.7. The summed E-state index contributed by atoms with van der Waals surface area (Å²) in [6.07, 6.45) is 1.69. The highest BCUT2D eigenvalue weighted by Gasteiger charge is 2.55. The smallest absolute Gasteiger partial charge is 0.328 e. The van der Waals surface area contributed by atoms with Crippen molar-refractivity contribution in [2.75, 3.05) is 40.5 Å². The summed E-state index contributed by atoms with van der Waals surface area (Å²) in [4.78, 5) is 55.4. The number of carbonyl (C=O) groups is 4. The van der Waals surface area contributed by atoms with Crippen LogP contribution in [-0.2, 0) is 34.1 Å². The second kappa shape index (κ2) is 10.8. The van der Waals surface area contributed by atoms with Crippen molar-refractivity contribution < 1.29 is 33.4 Å². The van der Waals surface area contributed by atoms with Crippen LogP contribution in [0.25, 0.3) is 0 Å². The number of benzene rings is 1. The molecule has 0 saturated carbocycles. The van der Waals surface area contributed by atoms with Crippen molar-refractivity contribution in [1.82, 2.24) is 9.80 Å². The van der Waals surface area contributed by atoms with Gasteiger partial charge < -0.3 is 19.1 Å². The van der Waals surface area contributed by atoms with Crippen molar-refractivity contribution in [2.24, 2.45) is 0 Å². The molecule has 2 aliphatic rings. The molecule has 0 aromatic heterocycles. The Bertz CT molecular complexity index is 903. The van der Waals surface area contributed by atoms with Crippen LogP contribution in [0.2, 0.25) is 0 Å². The fourth-order valence-electron chi connectivity index (χ4n) is 4.77. The molecule has 0 unspecified atom stereocenters. The van der Waals surface area contributed by atoms with Crippen LogP contribution in [0.15, 0.2) is 24.3 Å². The molecule has 0 aliphatic carbocycles. The lowest BCUT2D eigenvalue weighted by molar-refractivity contribution is -0.157. The third kappa shape index (κ3) is 4.88. The first-order valence-corrected chi connectivity index (χ1v) is 11.3. The lowest BCUT2D eigenvalue weighted by Gasteiger charge is -2.37. The Morgan fingerprint density at radius 3 is 2.61 bits per heavy atom. The van der Waals surface area contributed by atoms with E-state index in [0.717, 1.165) is 17.7 Å². The Morgan fingerprint density at radius 1 is 1.15 bits per heavy atom. The quantitative estimate of drug-likeness (QED) is 0.408. The summed E-state index contributed by atoms with van der Waals surface area (Å²) in [6, 6.07) is 6.26. The third-order valence-corrected chi connectivity index (χ3v) is 6.38. The molecule has 9 nitrogen and oxygen atoms in total. The first kappa shape index (κ1) is 24.7. The number of ether oxygens (including phenoxy) is 3. The summed E-state index contributed by atoms with van der Waals surface area (Å²) in [5, 5.41) is 0. The lowest BCUT2D eigenvalue weighted by atomic mass is 9.75. The molecule has 180 valence electrons. The van der Waals surface area contributed by atoms with Crippen molar-refractivity contribution in [3.05, 3.63) is 29.8 Å². The molecule has 0 N–H and O–H groups in total. The molecular weight excluding hydrogens is 428 g/mol. The number of nitrogens with zero attached hydrogens (tertiary/aromatic N) is 2. The van der Waals surface area contributed by atoms with Gasteiger partial charge in [-0.3, -0.25) is 19.3 Å². The van der Waals surface area contributed by atoms with Crippen LogP contribution < -0.4 is 4.74 Å². The van der Waals surface area contributed by atoms with E-state index in [4.69, 9.17) is 14.2 Å². The van der Waals surface area contributed by atoms with E-state index in [1.807, 2.05) is 0 Å². The molecule has 2 fully saturated rings. The number of rotatable bonds is 9. The molecule has 2 saturated heterocycles. The zero-order valence-corrected chi connectivity index (χ0v) is 19.5. The molecule has 2 heterocycles. The van der Waals surface area contributed by atoms with E-state index < -0.39 is 23.3 Å². The minimum atomic E-state index is -1.41. The summed E-state index contributed by atoms with van der Waals surface area (Å²) in [6.45, 7) is 2.66. The molecule has 0 radical (unpaired) electrons. The van der Waals surface area contributed by atoms with Crippen molar-refractivity contribution >= 4 is 23.7 Å². The van der Waals surface area contributed by atoms with Gasteiger partial charge in [0.2, 0.25) is 17.7 Å². The Balaban J connectivity index is 1.99. The fraction of sp³-hybridized carbons (Fsp3) is 0.583. The van der Waals surface area contributed by atoms with E-state index in [9.17, 15) is 19.2 Å². The molecule has 0 spiro atoms. The number of para-hydroxylation sites is 1. The monoisotopic (exact) mass is 460 g/mol. The number of likely N-dealkylation sites (tertiary alicyclic amines) is 2. The van der Waals surface area contributed by atoms with E-state index in [1.54, 1.807) is 31.2 Å². The van der Waals surface area contributed by atoms with Crippen LogP contribution >= 0.6 is 0 Å². The number of carbonyl (C=O) groups excluding carboxylic acids is 4. The van der Waals surface area contributed by atoms with E-state index in [1.165, 1.54) is 19.1 Å². The number of amides is 3. The van der Waals surface area contributed by atoms with Crippen molar-refractivity contribution in [2.45, 2.75) is 50.5 Å². The van der Waals surface area contributed by atoms with Gasteiger partial charge in [0, 0.05) is 32.1 Å². The van der Waals surface area contributed by atoms with Gasteiger partial charge in [-0.05, 0) is 32.3 Å². The second-order valence-corrected chi connectivity index (χ2v) is 8.33. The van der Waals surface area contributed by atoms with Crippen LogP contribution in [0, 0.1) is 0 Å². The van der Waals surface area contributed by atoms with E-state index in [2.05, 4.69) is 0 Å². The Labute approximate surface area is 193 Å². The van der Waals surface area contributed by atoms with Gasteiger partial charge in [-0.2, -0.15) is 0 Å². The SMILES string of the molecule is CCOC(=O)[C@@H]1CCCCN1C(=O)C[C@@]1(c2ccccc2OC)CC(=O)N(CCOC)C1=O. The fourth-order valence-corrected chi connectivity index (χ4v) is 4.77. The van der Waals surface area contributed by atoms with E-state index in [0.29, 0.717) is 24.3 Å². The molecular formula is C24H32N2O7. The van der Waals surface area contributed by atoms with Gasteiger partial charge in [-0.25, -0.2) is 4.79 Å². The minimum absolute atomic E-state index is 0.106. The minimum Gasteiger partial charge on any atom is -0.496 e. The highest BCUT2D eigenvalue weighted by atomic mass is 16.5. The lowest BCUT2D eigenvalue weighted by Crippen LogP contribution is -2.51. The molecule has 1 aromatic carbocycles.